The molecule has 1 rings (SSSR count). The van der Waals surface area contributed by atoms with Crippen molar-refractivity contribution in [1.82, 2.24) is 10.6 Å². The van der Waals surface area contributed by atoms with Crippen molar-refractivity contribution in [2.75, 3.05) is 13.1 Å². The van der Waals surface area contributed by atoms with E-state index in [1.54, 1.807) is 0 Å². The molecule has 112 valence electrons. The van der Waals surface area contributed by atoms with E-state index in [0.29, 0.717) is 19.0 Å². The van der Waals surface area contributed by atoms with Crippen molar-refractivity contribution in [3.63, 3.8) is 0 Å². The zero-order valence-electron chi connectivity index (χ0n) is 12.7. The van der Waals surface area contributed by atoms with Crippen LogP contribution >= 0.6 is 0 Å². The molecule has 0 aliphatic carbocycles. The first-order valence-corrected chi connectivity index (χ1v) is 7.29. The van der Waals surface area contributed by atoms with Crippen molar-refractivity contribution in [2.24, 2.45) is 11.7 Å². The Bertz CT molecular complexity index is 392. The van der Waals surface area contributed by atoms with E-state index in [2.05, 4.69) is 36.6 Å². The Balaban J connectivity index is 2.26. The van der Waals surface area contributed by atoms with Crippen LogP contribution in [0.5, 0.6) is 0 Å². The highest BCUT2D eigenvalue weighted by Gasteiger charge is 2.13. The molecule has 2 atom stereocenters. The van der Waals surface area contributed by atoms with E-state index < -0.39 is 0 Å². The fourth-order valence-electron chi connectivity index (χ4n) is 1.87. The molecular formula is C16H27N3O. The number of rotatable bonds is 8. The molecule has 0 spiro atoms. The van der Waals surface area contributed by atoms with Gasteiger partial charge in [-0.2, -0.15) is 0 Å². The molecule has 4 N–H and O–H groups in total. The lowest BCUT2D eigenvalue weighted by Crippen LogP contribution is -2.47. The molecule has 1 aromatic carbocycles. The minimum Gasteiger partial charge on any atom is -0.354 e. The first kappa shape index (κ1) is 16.7. The summed E-state index contributed by atoms with van der Waals surface area (Å²) in [5, 5.41) is 6.10. The predicted octanol–water partition coefficient (Wildman–Crippen LogP) is 1.31. The van der Waals surface area contributed by atoms with Crippen molar-refractivity contribution < 1.29 is 4.79 Å². The van der Waals surface area contributed by atoms with Gasteiger partial charge in [0.2, 0.25) is 5.91 Å². The molecule has 0 aliphatic heterocycles. The summed E-state index contributed by atoms with van der Waals surface area (Å²) >= 11 is 0. The topological polar surface area (TPSA) is 67.2 Å². The molecule has 0 heterocycles. The van der Waals surface area contributed by atoms with E-state index >= 15 is 0 Å². The first-order valence-electron chi connectivity index (χ1n) is 7.29. The Morgan fingerprint density at radius 3 is 2.40 bits per heavy atom. The molecule has 0 bridgehead atoms. The van der Waals surface area contributed by atoms with E-state index in [1.165, 1.54) is 5.56 Å². The van der Waals surface area contributed by atoms with Gasteiger partial charge < -0.3 is 16.4 Å². The highest BCUT2D eigenvalue weighted by Crippen LogP contribution is 2.01. The highest BCUT2D eigenvalue weighted by molar-refractivity contribution is 5.81. The van der Waals surface area contributed by atoms with E-state index in [9.17, 15) is 4.79 Å². The van der Waals surface area contributed by atoms with Crippen molar-refractivity contribution in [3.8, 4) is 0 Å². The van der Waals surface area contributed by atoms with Gasteiger partial charge in [0.15, 0.2) is 0 Å². The van der Waals surface area contributed by atoms with Gasteiger partial charge in [-0.05, 0) is 24.8 Å². The second-order valence-corrected chi connectivity index (χ2v) is 5.72. The van der Waals surface area contributed by atoms with Gasteiger partial charge >= 0.3 is 0 Å². The number of carbonyl (C=O) groups excluding carboxylic acids is 1. The van der Waals surface area contributed by atoms with E-state index in [4.69, 9.17) is 5.73 Å². The Hall–Kier alpha value is -1.39. The Labute approximate surface area is 122 Å². The van der Waals surface area contributed by atoms with Crippen LogP contribution in [-0.4, -0.2) is 31.1 Å². The maximum absolute atomic E-state index is 11.8. The molecule has 4 heteroatoms. The number of amides is 1. The van der Waals surface area contributed by atoms with Gasteiger partial charge in [-0.15, -0.1) is 0 Å². The molecular weight excluding hydrogens is 250 g/mol. The van der Waals surface area contributed by atoms with Crippen LogP contribution in [0.4, 0.5) is 0 Å². The number of nitrogens with two attached hydrogens (primary N) is 1. The summed E-state index contributed by atoms with van der Waals surface area (Å²) in [6, 6.07) is 9.95. The predicted molar refractivity (Wildman–Crippen MR) is 83.4 cm³/mol. The van der Waals surface area contributed by atoms with Crippen molar-refractivity contribution in [3.05, 3.63) is 35.9 Å². The Morgan fingerprint density at radius 1 is 1.15 bits per heavy atom. The zero-order valence-corrected chi connectivity index (χ0v) is 12.7. The average Bonchev–Trinajstić information content (AvgIpc) is 2.43. The average molecular weight is 277 g/mol. The monoisotopic (exact) mass is 277 g/mol. The van der Waals surface area contributed by atoms with Crippen LogP contribution in [0.3, 0.4) is 0 Å². The van der Waals surface area contributed by atoms with Gasteiger partial charge in [-0.25, -0.2) is 0 Å². The molecule has 0 aliphatic rings. The van der Waals surface area contributed by atoms with Crippen LogP contribution in [-0.2, 0) is 11.2 Å². The molecule has 0 saturated heterocycles. The van der Waals surface area contributed by atoms with Crippen LogP contribution in [0.1, 0.15) is 26.3 Å². The Morgan fingerprint density at radius 2 is 1.80 bits per heavy atom. The van der Waals surface area contributed by atoms with E-state index in [1.807, 2.05) is 25.1 Å². The molecule has 4 nitrogen and oxygen atoms in total. The largest absolute Gasteiger partial charge is 0.354 e. The highest BCUT2D eigenvalue weighted by atomic mass is 16.2. The molecule has 0 unspecified atom stereocenters. The third-order valence-corrected chi connectivity index (χ3v) is 3.10. The number of benzene rings is 1. The molecule has 1 amide bonds. The maximum atomic E-state index is 11.8. The second-order valence-electron chi connectivity index (χ2n) is 5.72. The summed E-state index contributed by atoms with van der Waals surface area (Å²) in [6.45, 7) is 7.36. The number of nitrogens with one attached hydrogen (secondary N) is 2. The zero-order chi connectivity index (χ0) is 15.0. The molecule has 0 saturated carbocycles. The normalized spacial score (nSPS) is 14.1. The van der Waals surface area contributed by atoms with Gasteiger partial charge in [0.05, 0.1) is 6.04 Å². The van der Waals surface area contributed by atoms with Crippen molar-refractivity contribution in [2.45, 2.75) is 39.3 Å². The van der Waals surface area contributed by atoms with Crippen LogP contribution in [0.15, 0.2) is 30.3 Å². The van der Waals surface area contributed by atoms with Crippen LogP contribution < -0.4 is 16.4 Å². The Kier molecular flexibility index (Phi) is 7.26. The standard InChI is InChI=1S/C16H27N3O/c1-12(2)10-19-16(20)13(3)18-11-15(17)9-14-7-5-4-6-8-14/h4-8,12-13,15,18H,9-11,17H2,1-3H3,(H,19,20)/t13-,15-/m0/s1. The third kappa shape index (κ3) is 6.68. The molecule has 0 radical (unpaired) electrons. The van der Waals surface area contributed by atoms with Crippen LogP contribution in [0, 0.1) is 5.92 Å². The lowest BCUT2D eigenvalue weighted by Gasteiger charge is -2.18. The second kappa shape index (κ2) is 8.72. The fourth-order valence-corrected chi connectivity index (χ4v) is 1.87. The van der Waals surface area contributed by atoms with Gasteiger partial charge in [-0.1, -0.05) is 44.2 Å². The summed E-state index contributed by atoms with van der Waals surface area (Å²) in [5.74, 6) is 0.497. The summed E-state index contributed by atoms with van der Waals surface area (Å²) in [4.78, 5) is 11.8. The van der Waals surface area contributed by atoms with Gasteiger partial charge in [0, 0.05) is 19.1 Å². The molecule has 0 aromatic heterocycles. The minimum atomic E-state index is -0.212. The molecule has 0 fully saturated rings. The quantitative estimate of drug-likeness (QED) is 0.671. The van der Waals surface area contributed by atoms with E-state index in [-0.39, 0.29) is 18.0 Å². The summed E-state index contributed by atoms with van der Waals surface area (Å²) in [7, 11) is 0. The SMILES string of the molecule is CC(C)CNC(=O)[C@H](C)NC[C@@H](N)Cc1ccccc1. The fraction of sp³-hybridized carbons (Fsp3) is 0.562. The number of carbonyl (C=O) groups is 1. The van der Waals surface area contributed by atoms with E-state index in [0.717, 1.165) is 6.42 Å². The summed E-state index contributed by atoms with van der Waals surface area (Å²) in [6.07, 6.45) is 0.814. The summed E-state index contributed by atoms with van der Waals surface area (Å²) in [5.41, 5.74) is 7.30. The minimum absolute atomic E-state index is 0.0118. The lowest BCUT2D eigenvalue weighted by atomic mass is 10.1. The maximum Gasteiger partial charge on any atom is 0.236 e. The first-order chi connectivity index (χ1) is 9.49. The number of hydrogen-bond acceptors (Lipinski definition) is 3. The van der Waals surface area contributed by atoms with Crippen LogP contribution in [0.2, 0.25) is 0 Å². The van der Waals surface area contributed by atoms with Gasteiger partial charge in [0.25, 0.3) is 0 Å². The van der Waals surface area contributed by atoms with Gasteiger partial charge in [-0.3, -0.25) is 4.79 Å². The number of hydrogen-bond donors (Lipinski definition) is 3. The third-order valence-electron chi connectivity index (χ3n) is 3.10. The lowest BCUT2D eigenvalue weighted by molar-refractivity contribution is -0.122. The van der Waals surface area contributed by atoms with Crippen molar-refractivity contribution in [1.29, 1.82) is 0 Å². The van der Waals surface area contributed by atoms with Crippen LogP contribution in [0.25, 0.3) is 0 Å². The smallest absolute Gasteiger partial charge is 0.236 e. The molecule has 20 heavy (non-hydrogen) atoms. The van der Waals surface area contributed by atoms with Gasteiger partial charge in [0.1, 0.15) is 0 Å². The molecule has 1 aromatic rings. The summed E-state index contributed by atoms with van der Waals surface area (Å²) < 4.78 is 0. The van der Waals surface area contributed by atoms with Crippen molar-refractivity contribution >= 4 is 5.91 Å².